The van der Waals surface area contributed by atoms with Crippen molar-refractivity contribution in [3.63, 3.8) is 0 Å². The highest BCUT2D eigenvalue weighted by atomic mass is 16.7. The van der Waals surface area contributed by atoms with E-state index in [1.165, 1.54) is 6.92 Å². The number of hydrogen-bond acceptors (Lipinski definition) is 7. The van der Waals surface area contributed by atoms with Gasteiger partial charge in [-0.1, -0.05) is 0 Å². The molecule has 0 radical (unpaired) electrons. The Morgan fingerprint density at radius 2 is 1.95 bits per heavy atom. The Kier molecular flexibility index (Phi) is 5.19. The van der Waals surface area contributed by atoms with Gasteiger partial charge in [0, 0.05) is 12.6 Å². The highest BCUT2D eigenvalue weighted by molar-refractivity contribution is 5.73. The van der Waals surface area contributed by atoms with Gasteiger partial charge in [-0.15, -0.1) is 0 Å². The molecule has 2 rings (SSSR count). The van der Waals surface area contributed by atoms with Gasteiger partial charge < -0.3 is 35.8 Å². The summed E-state index contributed by atoms with van der Waals surface area (Å²) in [6.45, 7) is 0.782. The van der Waals surface area contributed by atoms with Crippen LogP contribution in [-0.2, 0) is 9.53 Å². The Morgan fingerprint density at radius 3 is 2.50 bits per heavy atom. The average molecular weight is 312 g/mol. The van der Waals surface area contributed by atoms with Crippen molar-refractivity contribution in [1.29, 1.82) is 0 Å². The van der Waals surface area contributed by atoms with Gasteiger partial charge in [0.1, 0.15) is 30.1 Å². The van der Waals surface area contributed by atoms with Crippen molar-refractivity contribution in [2.75, 3.05) is 12.3 Å². The van der Waals surface area contributed by atoms with Crippen LogP contribution in [0, 0.1) is 0 Å². The van der Waals surface area contributed by atoms with Crippen LogP contribution in [-0.4, -0.2) is 58.5 Å². The zero-order valence-electron chi connectivity index (χ0n) is 12.0. The number of benzene rings is 1. The van der Waals surface area contributed by atoms with Crippen molar-refractivity contribution in [2.45, 2.75) is 37.6 Å². The normalized spacial score (nSPS) is 31.5. The van der Waals surface area contributed by atoms with Crippen LogP contribution in [0.25, 0.3) is 0 Å². The third kappa shape index (κ3) is 3.66. The van der Waals surface area contributed by atoms with E-state index in [-0.39, 0.29) is 0 Å². The van der Waals surface area contributed by atoms with Crippen LogP contribution in [0.1, 0.15) is 6.92 Å². The van der Waals surface area contributed by atoms with Crippen LogP contribution in [0.3, 0.4) is 0 Å². The molecule has 0 aromatic heterocycles. The number of anilines is 1. The molecule has 1 aliphatic heterocycles. The topological polar surface area (TPSA) is 134 Å². The summed E-state index contributed by atoms with van der Waals surface area (Å²) in [6.07, 6.45) is -4.76. The van der Waals surface area contributed by atoms with Crippen LogP contribution >= 0.6 is 0 Å². The molecule has 8 nitrogen and oxygen atoms in total. The van der Waals surface area contributed by atoms with E-state index in [1.807, 2.05) is 0 Å². The van der Waals surface area contributed by atoms with E-state index in [1.54, 1.807) is 24.3 Å². The number of nitrogens with two attached hydrogens (primary N) is 1. The molecule has 0 saturated carbocycles. The molecule has 4 unspecified atom stereocenters. The standard InChI is InChI=1S/C14H20N2O6/c1-7(18)16-11-13(20)12(19)10(6-17)22-14(11)21-9-4-2-8(15)3-5-9/h2-5,10-14,17,19-20H,6,15H2,1H3,(H,16,18)/t10?,11-,12?,13?,14?/m0/s1. The zero-order chi connectivity index (χ0) is 16.3. The molecular weight excluding hydrogens is 292 g/mol. The molecule has 1 fully saturated rings. The molecule has 1 heterocycles. The van der Waals surface area contributed by atoms with Gasteiger partial charge >= 0.3 is 0 Å². The van der Waals surface area contributed by atoms with E-state index >= 15 is 0 Å². The number of nitrogen functional groups attached to an aromatic ring is 1. The number of hydrogen-bond donors (Lipinski definition) is 5. The number of nitrogens with one attached hydrogen (secondary N) is 1. The summed E-state index contributed by atoms with van der Waals surface area (Å²) in [5.41, 5.74) is 6.14. The largest absolute Gasteiger partial charge is 0.463 e. The zero-order valence-corrected chi connectivity index (χ0v) is 12.0. The summed E-state index contributed by atoms with van der Waals surface area (Å²) in [6, 6.07) is 5.48. The van der Waals surface area contributed by atoms with Crippen molar-refractivity contribution in [3.8, 4) is 5.75 Å². The van der Waals surface area contributed by atoms with Crippen molar-refractivity contribution >= 4 is 11.6 Å². The predicted octanol–water partition coefficient (Wildman–Crippen LogP) is -1.41. The first kappa shape index (κ1) is 16.5. The van der Waals surface area contributed by atoms with Crippen LogP contribution in [0.15, 0.2) is 24.3 Å². The van der Waals surface area contributed by atoms with E-state index in [4.69, 9.17) is 15.2 Å². The first-order valence-corrected chi connectivity index (χ1v) is 6.84. The van der Waals surface area contributed by atoms with Crippen LogP contribution in [0.4, 0.5) is 5.69 Å². The van der Waals surface area contributed by atoms with Gasteiger partial charge in [0.2, 0.25) is 12.2 Å². The molecule has 1 aromatic carbocycles. The number of rotatable bonds is 4. The van der Waals surface area contributed by atoms with Crippen molar-refractivity contribution in [1.82, 2.24) is 5.32 Å². The molecule has 22 heavy (non-hydrogen) atoms. The minimum Gasteiger partial charge on any atom is -0.463 e. The molecule has 5 atom stereocenters. The van der Waals surface area contributed by atoms with E-state index in [0.717, 1.165) is 0 Å². The minimum absolute atomic E-state index is 0.409. The second kappa shape index (κ2) is 6.93. The predicted molar refractivity (Wildman–Crippen MR) is 76.8 cm³/mol. The number of carbonyl (C=O) groups excluding carboxylic acids is 1. The molecular formula is C14H20N2O6. The van der Waals surface area contributed by atoms with Crippen molar-refractivity contribution < 1.29 is 29.6 Å². The lowest BCUT2D eigenvalue weighted by Gasteiger charge is -2.42. The van der Waals surface area contributed by atoms with Gasteiger partial charge in [0.25, 0.3) is 0 Å². The Labute approximate surface area is 127 Å². The van der Waals surface area contributed by atoms with Gasteiger partial charge in [-0.25, -0.2) is 0 Å². The maximum Gasteiger partial charge on any atom is 0.223 e. The molecule has 0 aliphatic carbocycles. The summed E-state index contributed by atoms with van der Waals surface area (Å²) in [5, 5.41) is 31.7. The third-order valence-electron chi connectivity index (χ3n) is 3.38. The summed E-state index contributed by atoms with van der Waals surface area (Å²) in [7, 11) is 0. The smallest absolute Gasteiger partial charge is 0.223 e. The van der Waals surface area contributed by atoms with E-state index < -0.39 is 43.2 Å². The molecule has 122 valence electrons. The first-order chi connectivity index (χ1) is 10.4. The maximum absolute atomic E-state index is 11.3. The number of aliphatic hydroxyl groups is 3. The fourth-order valence-electron chi connectivity index (χ4n) is 2.25. The highest BCUT2D eigenvalue weighted by Crippen LogP contribution is 2.24. The number of amides is 1. The fraction of sp³-hybridized carbons (Fsp3) is 0.500. The lowest BCUT2D eigenvalue weighted by Crippen LogP contribution is -2.65. The lowest BCUT2D eigenvalue weighted by atomic mass is 9.97. The van der Waals surface area contributed by atoms with Crippen LogP contribution in [0.2, 0.25) is 0 Å². The van der Waals surface area contributed by atoms with Gasteiger partial charge in [0.05, 0.1) is 6.61 Å². The molecule has 0 spiro atoms. The Balaban J connectivity index is 2.18. The molecule has 8 heteroatoms. The highest BCUT2D eigenvalue weighted by Gasteiger charge is 2.46. The van der Waals surface area contributed by atoms with Gasteiger partial charge in [-0.3, -0.25) is 4.79 Å². The monoisotopic (exact) mass is 312 g/mol. The molecule has 1 amide bonds. The van der Waals surface area contributed by atoms with Crippen molar-refractivity contribution in [2.24, 2.45) is 0 Å². The Morgan fingerprint density at radius 1 is 1.32 bits per heavy atom. The van der Waals surface area contributed by atoms with Gasteiger partial charge in [-0.05, 0) is 24.3 Å². The van der Waals surface area contributed by atoms with Crippen molar-refractivity contribution in [3.05, 3.63) is 24.3 Å². The number of ether oxygens (including phenoxy) is 2. The molecule has 1 aliphatic rings. The number of carbonyl (C=O) groups is 1. The first-order valence-electron chi connectivity index (χ1n) is 6.84. The Bertz CT molecular complexity index is 509. The molecule has 1 aromatic rings. The fourth-order valence-corrected chi connectivity index (χ4v) is 2.25. The molecule has 6 N–H and O–H groups in total. The van der Waals surface area contributed by atoms with E-state index in [2.05, 4.69) is 5.32 Å². The summed E-state index contributed by atoms with van der Waals surface area (Å²) < 4.78 is 11.0. The number of aliphatic hydroxyl groups excluding tert-OH is 3. The van der Waals surface area contributed by atoms with Gasteiger partial charge in [0.15, 0.2) is 0 Å². The quantitative estimate of drug-likeness (QED) is 0.431. The molecule has 1 saturated heterocycles. The SMILES string of the molecule is CC(=O)N[C@@H]1C(Oc2ccc(N)cc2)OC(CO)C(O)C1O. The van der Waals surface area contributed by atoms with E-state index in [9.17, 15) is 20.1 Å². The lowest BCUT2D eigenvalue weighted by molar-refractivity contribution is -0.244. The van der Waals surface area contributed by atoms with Gasteiger partial charge in [-0.2, -0.15) is 0 Å². The summed E-state index contributed by atoms with van der Waals surface area (Å²) in [4.78, 5) is 11.3. The second-order valence-electron chi connectivity index (χ2n) is 5.12. The minimum atomic E-state index is -1.34. The summed E-state index contributed by atoms with van der Waals surface area (Å²) >= 11 is 0. The average Bonchev–Trinajstić information content (AvgIpc) is 2.48. The third-order valence-corrected chi connectivity index (χ3v) is 3.38. The molecule has 0 bridgehead atoms. The van der Waals surface area contributed by atoms with E-state index in [0.29, 0.717) is 11.4 Å². The van der Waals surface area contributed by atoms with Crippen LogP contribution in [0.5, 0.6) is 5.75 Å². The Hall–Kier alpha value is -1.87. The van der Waals surface area contributed by atoms with Crippen LogP contribution < -0.4 is 15.8 Å². The summed E-state index contributed by atoms with van der Waals surface area (Å²) in [5.74, 6) is 0.00281. The second-order valence-corrected chi connectivity index (χ2v) is 5.12. The maximum atomic E-state index is 11.3.